The molecule has 0 radical (unpaired) electrons. The molecule has 0 bridgehead atoms. The van der Waals surface area contributed by atoms with Gasteiger partial charge in [0.2, 0.25) is 5.91 Å². The Labute approximate surface area is 158 Å². The van der Waals surface area contributed by atoms with E-state index < -0.39 is 17.5 Å². The lowest BCUT2D eigenvalue weighted by atomic mass is 9.76. The molecule has 0 saturated carbocycles. The van der Waals surface area contributed by atoms with Crippen molar-refractivity contribution < 1.29 is 19.8 Å². The minimum absolute atomic E-state index is 0.0296. The van der Waals surface area contributed by atoms with E-state index in [9.17, 15) is 19.8 Å². The van der Waals surface area contributed by atoms with Crippen LogP contribution in [0.2, 0.25) is 0 Å². The number of aliphatic imine (C=N–C) groups is 1. The van der Waals surface area contributed by atoms with E-state index in [1.807, 2.05) is 0 Å². The molecule has 26 heavy (non-hydrogen) atoms. The number of amidine groups is 1. The van der Waals surface area contributed by atoms with Gasteiger partial charge in [-0.05, 0) is 20.8 Å². The van der Waals surface area contributed by atoms with Gasteiger partial charge >= 0.3 is 5.97 Å². The Kier molecular flexibility index (Phi) is 4.80. The summed E-state index contributed by atoms with van der Waals surface area (Å²) in [5, 5.41) is 28.5. The van der Waals surface area contributed by atoms with Crippen LogP contribution in [-0.4, -0.2) is 54.7 Å². The van der Waals surface area contributed by atoms with Crippen LogP contribution in [0.25, 0.3) is 0 Å². The van der Waals surface area contributed by atoms with E-state index in [-0.39, 0.29) is 17.6 Å². The minimum atomic E-state index is -1.20. The summed E-state index contributed by atoms with van der Waals surface area (Å²) < 4.78 is 0.577. The van der Waals surface area contributed by atoms with E-state index in [2.05, 4.69) is 15.2 Å². The molecule has 0 spiro atoms. The number of aliphatic carboxylic acids is 1. The van der Waals surface area contributed by atoms with Crippen molar-refractivity contribution in [1.29, 1.82) is 0 Å². The molecule has 0 aliphatic carbocycles. The molecular formula is C15H19N5O4S2. The van der Waals surface area contributed by atoms with Crippen molar-refractivity contribution in [3.05, 3.63) is 15.6 Å². The number of fused-ring (bicyclic) bond motifs is 1. The van der Waals surface area contributed by atoms with Gasteiger partial charge in [0.05, 0.1) is 29.9 Å². The van der Waals surface area contributed by atoms with Crippen molar-refractivity contribution in [3.63, 3.8) is 0 Å². The summed E-state index contributed by atoms with van der Waals surface area (Å²) in [5.74, 6) is -1.68. The predicted octanol–water partition coefficient (Wildman–Crippen LogP) is 0.805. The molecule has 4 N–H and O–H groups in total. The lowest BCUT2D eigenvalue weighted by molar-refractivity contribution is -0.169. The van der Waals surface area contributed by atoms with Crippen molar-refractivity contribution in [1.82, 2.24) is 15.1 Å². The average Bonchev–Trinajstić information content (AvgIpc) is 3.06. The molecule has 2 aliphatic rings. The molecule has 2 aliphatic heterocycles. The van der Waals surface area contributed by atoms with Crippen LogP contribution >= 0.6 is 23.1 Å². The monoisotopic (exact) mass is 397 g/mol. The predicted molar refractivity (Wildman–Crippen MR) is 96.5 cm³/mol. The Morgan fingerprint density at radius 3 is 2.77 bits per heavy atom. The van der Waals surface area contributed by atoms with Gasteiger partial charge in [-0.15, -0.1) is 10.2 Å². The van der Waals surface area contributed by atoms with Crippen LogP contribution in [0.4, 0.5) is 0 Å². The molecule has 0 unspecified atom stereocenters. The number of nitrogens with zero attached hydrogens (tertiary/aromatic N) is 4. The Balaban J connectivity index is 1.81. The molecule has 11 heteroatoms. The topological polar surface area (TPSA) is 142 Å². The fraction of sp³-hybridized carbons (Fsp3) is 0.533. The molecule has 140 valence electrons. The van der Waals surface area contributed by atoms with Crippen LogP contribution in [0.15, 0.2) is 19.9 Å². The number of thioether (sulfide) groups is 1. The second-order valence-corrected chi connectivity index (χ2v) is 9.11. The van der Waals surface area contributed by atoms with Gasteiger partial charge in [-0.1, -0.05) is 23.1 Å². The van der Waals surface area contributed by atoms with Crippen molar-refractivity contribution in [2.24, 2.45) is 16.6 Å². The Morgan fingerprint density at radius 1 is 1.50 bits per heavy atom. The van der Waals surface area contributed by atoms with Gasteiger partial charge in [0.15, 0.2) is 4.34 Å². The number of carbonyl (C=O) groups excluding carboxylic acids is 1. The van der Waals surface area contributed by atoms with Gasteiger partial charge in [0.1, 0.15) is 10.7 Å². The molecule has 2 atom stereocenters. The maximum absolute atomic E-state index is 12.4. The quantitative estimate of drug-likeness (QED) is 0.363. The van der Waals surface area contributed by atoms with Gasteiger partial charge in [0.25, 0.3) is 0 Å². The van der Waals surface area contributed by atoms with Gasteiger partial charge in [-0.3, -0.25) is 9.79 Å². The zero-order chi connectivity index (χ0) is 19.2. The van der Waals surface area contributed by atoms with Gasteiger partial charge in [-0.25, -0.2) is 4.79 Å². The van der Waals surface area contributed by atoms with E-state index in [4.69, 9.17) is 5.73 Å². The highest BCUT2D eigenvalue weighted by Crippen LogP contribution is 2.50. The number of hydrogen-bond donors (Lipinski definition) is 3. The normalized spacial score (nSPS) is 23.3. The summed E-state index contributed by atoms with van der Waals surface area (Å²) in [6.45, 7) is 5.13. The molecule has 1 aromatic rings. The van der Waals surface area contributed by atoms with Crippen LogP contribution < -0.4 is 5.73 Å². The molecular weight excluding hydrogens is 378 g/mol. The maximum Gasteiger partial charge on any atom is 0.353 e. The lowest BCUT2D eigenvalue weighted by Gasteiger charge is -2.48. The lowest BCUT2D eigenvalue weighted by Crippen LogP contribution is -2.65. The Hall–Kier alpha value is -1.98. The van der Waals surface area contributed by atoms with Crippen LogP contribution in [0.3, 0.4) is 0 Å². The summed E-state index contributed by atoms with van der Waals surface area (Å²) in [5.41, 5.74) is 4.27. The maximum atomic E-state index is 12.4. The van der Waals surface area contributed by atoms with E-state index >= 15 is 0 Å². The smallest absolute Gasteiger partial charge is 0.353 e. The van der Waals surface area contributed by atoms with Crippen LogP contribution in [-0.2, 0) is 16.1 Å². The van der Waals surface area contributed by atoms with E-state index in [1.54, 1.807) is 20.8 Å². The fourth-order valence-corrected chi connectivity index (χ4v) is 5.26. The molecule has 3 rings (SSSR count). The molecule has 1 amide bonds. The molecule has 1 saturated heterocycles. The molecule has 1 aromatic heterocycles. The fourth-order valence-electron chi connectivity index (χ4n) is 3.18. The van der Waals surface area contributed by atoms with Crippen LogP contribution in [0.1, 0.15) is 32.2 Å². The number of aliphatic hydroxyl groups is 1. The molecule has 0 aromatic carbocycles. The van der Waals surface area contributed by atoms with Gasteiger partial charge < -0.3 is 20.8 Å². The molecule has 3 heterocycles. The number of nitrogens with two attached hydrogens (primary N) is 1. The molecule has 1 fully saturated rings. The zero-order valence-electron chi connectivity index (χ0n) is 14.5. The van der Waals surface area contributed by atoms with E-state index in [0.29, 0.717) is 33.1 Å². The third-order valence-corrected chi connectivity index (χ3v) is 6.27. The first-order valence-electron chi connectivity index (χ1n) is 7.88. The zero-order valence-corrected chi connectivity index (χ0v) is 16.1. The summed E-state index contributed by atoms with van der Waals surface area (Å²) in [4.78, 5) is 29.9. The van der Waals surface area contributed by atoms with Crippen LogP contribution in [0, 0.1) is 5.92 Å². The molecule has 9 nitrogen and oxygen atoms in total. The van der Waals surface area contributed by atoms with Crippen molar-refractivity contribution in [2.45, 2.75) is 49.7 Å². The van der Waals surface area contributed by atoms with Gasteiger partial charge in [0, 0.05) is 11.3 Å². The highest BCUT2D eigenvalue weighted by atomic mass is 32.2. The number of hydrogen-bond acceptors (Lipinski definition) is 8. The number of carboxylic acid groups (broad SMARTS) is 1. The Bertz CT molecular complexity index is 822. The van der Waals surface area contributed by atoms with E-state index in [1.165, 1.54) is 28.0 Å². The number of rotatable bonds is 6. The van der Waals surface area contributed by atoms with Crippen molar-refractivity contribution >= 4 is 40.8 Å². The first-order valence-corrected chi connectivity index (χ1v) is 9.51. The second kappa shape index (κ2) is 6.63. The SMILES string of the molecule is CC(N)=NCc1nnc(SC2=C(C(=O)O)N3C(=O)[C@@H](C(C)(C)O)[C@H]3C2)s1. The highest BCUT2D eigenvalue weighted by molar-refractivity contribution is 8.04. The van der Waals surface area contributed by atoms with Crippen molar-refractivity contribution in [3.8, 4) is 0 Å². The van der Waals surface area contributed by atoms with Gasteiger partial charge in [-0.2, -0.15) is 0 Å². The third-order valence-electron chi connectivity index (χ3n) is 4.21. The standard InChI is InChI=1S/C15H19N5O4S2/c1-6(16)17-5-9-18-19-14(26-9)25-8-4-7-10(15(2,3)24)12(21)20(7)11(8)13(22)23/h7,10,24H,4-5H2,1-3H3,(H2,16,17)(H,22,23)/t7-,10+/m1/s1. The first kappa shape index (κ1) is 18.8. The number of aromatic nitrogens is 2. The minimum Gasteiger partial charge on any atom is -0.477 e. The number of β-lactam (4-membered cyclic amide) rings is 1. The van der Waals surface area contributed by atoms with Crippen molar-refractivity contribution in [2.75, 3.05) is 0 Å². The summed E-state index contributed by atoms with van der Waals surface area (Å²) in [7, 11) is 0. The third kappa shape index (κ3) is 3.33. The largest absolute Gasteiger partial charge is 0.477 e. The first-order chi connectivity index (χ1) is 12.1. The number of amides is 1. The van der Waals surface area contributed by atoms with E-state index in [0.717, 1.165) is 0 Å². The number of carboxylic acids is 1. The summed E-state index contributed by atoms with van der Waals surface area (Å²) in [6, 6.07) is -0.340. The summed E-state index contributed by atoms with van der Waals surface area (Å²) >= 11 is 2.50. The van der Waals surface area contributed by atoms with Crippen LogP contribution in [0.5, 0.6) is 0 Å². The second-order valence-electron chi connectivity index (χ2n) is 6.71. The average molecular weight is 397 g/mol. The number of carbonyl (C=O) groups is 2. The summed E-state index contributed by atoms with van der Waals surface area (Å²) in [6.07, 6.45) is 0.377. The highest BCUT2D eigenvalue weighted by Gasteiger charge is 2.59. The Morgan fingerprint density at radius 2 is 2.19 bits per heavy atom.